The number of nitrogens with zero attached hydrogens (tertiary/aromatic N) is 1. The van der Waals surface area contributed by atoms with Crippen molar-refractivity contribution < 1.29 is 0 Å². The summed E-state index contributed by atoms with van der Waals surface area (Å²) >= 11 is 3.68. The van der Waals surface area contributed by atoms with Crippen molar-refractivity contribution in [1.29, 1.82) is 0 Å². The molecule has 0 amide bonds. The van der Waals surface area contributed by atoms with E-state index in [1.165, 1.54) is 35.2 Å². The van der Waals surface area contributed by atoms with Gasteiger partial charge in [0, 0.05) is 17.9 Å². The molecule has 0 aliphatic carbocycles. The highest BCUT2D eigenvalue weighted by Crippen LogP contribution is 2.28. The summed E-state index contributed by atoms with van der Waals surface area (Å²) in [6.07, 6.45) is 1.33. The zero-order valence-corrected chi connectivity index (χ0v) is 13.5. The molecule has 0 aromatic heterocycles. The molecule has 0 spiro atoms. The first kappa shape index (κ1) is 14.1. The van der Waals surface area contributed by atoms with Crippen LogP contribution in [-0.2, 0) is 6.54 Å². The van der Waals surface area contributed by atoms with Gasteiger partial charge < -0.3 is 0 Å². The largest absolute Gasteiger partial charge is 0.295 e. The van der Waals surface area contributed by atoms with Gasteiger partial charge in [-0.1, -0.05) is 40.5 Å². The molecule has 1 nitrogen and oxygen atoms in total. The summed E-state index contributed by atoms with van der Waals surface area (Å²) in [5.74, 6) is 0.815. The third kappa shape index (κ3) is 2.80. The van der Waals surface area contributed by atoms with E-state index in [1.54, 1.807) is 0 Å². The molecule has 1 fully saturated rings. The van der Waals surface area contributed by atoms with Crippen molar-refractivity contribution in [2.45, 2.75) is 46.7 Å². The van der Waals surface area contributed by atoms with Crippen molar-refractivity contribution in [2.24, 2.45) is 5.92 Å². The molecule has 2 unspecified atom stereocenters. The number of benzene rings is 1. The number of halogens is 1. The Morgan fingerprint density at radius 1 is 1.22 bits per heavy atom. The number of alkyl halides is 1. The Morgan fingerprint density at radius 2 is 1.83 bits per heavy atom. The van der Waals surface area contributed by atoms with E-state index < -0.39 is 0 Å². The van der Waals surface area contributed by atoms with Crippen molar-refractivity contribution in [3.8, 4) is 0 Å². The molecular weight excluding hydrogens is 286 g/mol. The van der Waals surface area contributed by atoms with Gasteiger partial charge in [0.2, 0.25) is 0 Å². The summed E-state index contributed by atoms with van der Waals surface area (Å²) < 4.78 is 0. The molecule has 2 rings (SSSR count). The summed E-state index contributed by atoms with van der Waals surface area (Å²) in [5, 5.41) is 1.10. The molecule has 1 aliphatic rings. The highest BCUT2D eigenvalue weighted by atomic mass is 79.9. The SMILES string of the molecule is Cc1cc(C)c(CN2CCC(C)C2CBr)c(C)c1. The lowest BCUT2D eigenvalue weighted by atomic mass is 9.99. The lowest BCUT2D eigenvalue weighted by molar-refractivity contribution is 0.243. The summed E-state index contributed by atoms with van der Waals surface area (Å²) in [5.41, 5.74) is 5.79. The summed E-state index contributed by atoms with van der Waals surface area (Å²) in [6, 6.07) is 5.32. The molecule has 100 valence electrons. The second kappa shape index (κ2) is 5.75. The lowest BCUT2D eigenvalue weighted by Crippen LogP contribution is -2.33. The van der Waals surface area contributed by atoms with Crippen LogP contribution < -0.4 is 0 Å². The Labute approximate surface area is 120 Å². The summed E-state index contributed by atoms with van der Waals surface area (Å²) in [6.45, 7) is 11.4. The minimum Gasteiger partial charge on any atom is -0.295 e. The van der Waals surface area contributed by atoms with Crippen LogP contribution in [0.15, 0.2) is 12.1 Å². The Morgan fingerprint density at radius 3 is 2.39 bits per heavy atom. The van der Waals surface area contributed by atoms with Gasteiger partial charge in [0.25, 0.3) is 0 Å². The average Bonchev–Trinajstić information content (AvgIpc) is 2.64. The topological polar surface area (TPSA) is 3.24 Å². The van der Waals surface area contributed by atoms with E-state index in [0.717, 1.165) is 17.8 Å². The first-order valence-electron chi connectivity index (χ1n) is 6.89. The van der Waals surface area contributed by atoms with Gasteiger partial charge in [-0.05, 0) is 56.3 Å². The van der Waals surface area contributed by atoms with E-state index in [-0.39, 0.29) is 0 Å². The molecule has 1 aliphatic heterocycles. The van der Waals surface area contributed by atoms with Crippen molar-refractivity contribution >= 4 is 15.9 Å². The predicted molar refractivity (Wildman–Crippen MR) is 82.4 cm³/mol. The van der Waals surface area contributed by atoms with Crippen molar-refractivity contribution in [3.05, 3.63) is 34.4 Å². The summed E-state index contributed by atoms with van der Waals surface area (Å²) in [4.78, 5) is 2.64. The predicted octanol–water partition coefficient (Wildman–Crippen LogP) is 4.22. The fraction of sp³-hybridized carbons (Fsp3) is 0.625. The maximum absolute atomic E-state index is 3.68. The molecular formula is C16H24BrN. The number of hydrogen-bond donors (Lipinski definition) is 0. The second-order valence-corrected chi connectivity index (χ2v) is 6.48. The van der Waals surface area contributed by atoms with Gasteiger partial charge in [0.05, 0.1) is 0 Å². The van der Waals surface area contributed by atoms with Gasteiger partial charge in [0.1, 0.15) is 0 Å². The highest BCUT2D eigenvalue weighted by Gasteiger charge is 2.30. The van der Waals surface area contributed by atoms with Crippen molar-refractivity contribution in [2.75, 3.05) is 11.9 Å². The van der Waals surface area contributed by atoms with Gasteiger partial charge in [0.15, 0.2) is 0 Å². The highest BCUT2D eigenvalue weighted by molar-refractivity contribution is 9.09. The third-order valence-electron chi connectivity index (χ3n) is 4.36. The smallest absolute Gasteiger partial charge is 0.0242 e. The fourth-order valence-corrected chi connectivity index (χ4v) is 4.24. The van der Waals surface area contributed by atoms with Crippen LogP contribution >= 0.6 is 15.9 Å². The van der Waals surface area contributed by atoms with Crippen LogP contribution in [0.1, 0.15) is 35.6 Å². The molecule has 1 heterocycles. The molecule has 1 saturated heterocycles. The van der Waals surface area contributed by atoms with E-state index in [2.05, 4.69) is 60.7 Å². The normalized spacial score (nSPS) is 24.7. The van der Waals surface area contributed by atoms with Crippen LogP contribution in [0.2, 0.25) is 0 Å². The molecule has 1 aromatic rings. The average molecular weight is 310 g/mol. The Balaban J connectivity index is 2.19. The van der Waals surface area contributed by atoms with Gasteiger partial charge >= 0.3 is 0 Å². The second-order valence-electron chi connectivity index (χ2n) is 5.84. The Bertz CT molecular complexity index is 404. The van der Waals surface area contributed by atoms with Crippen LogP contribution in [-0.4, -0.2) is 22.8 Å². The first-order chi connectivity index (χ1) is 8.52. The lowest BCUT2D eigenvalue weighted by Gasteiger charge is -2.26. The Kier molecular flexibility index (Phi) is 4.50. The molecule has 0 N–H and O–H groups in total. The molecule has 1 aromatic carbocycles. The third-order valence-corrected chi connectivity index (χ3v) is 5.02. The van der Waals surface area contributed by atoms with E-state index in [4.69, 9.17) is 0 Å². The van der Waals surface area contributed by atoms with E-state index in [1.807, 2.05) is 0 Å². The van der Waals surface area contributed by atoms with Gasteiger partial charge in [-0.15, -0.1) is 0 Å². The van der Waals surface area contributed by atoms with Crippen LogP contribution in [0, 0.1) is 26.7 Å². The minimum atomic E-state index is 0.699. The number of rotatable bonds is 3. The molecule has 0 bridgehead atoms. The molecule has 2 heteroatoms. The van der Waals surface area contributed by atoms with Crippen LogP contribution in [0.5, 0.6) is 0 Å². The van der Waals surface area contributed by atoms with E-state index in [9.17, 15) is 0 Å². The maximum Gasteiger partial charge on any atom is 0.0242 e. The van der Waals surface area contributed by atoms with Gasteiger partial charge in [-0.3, -0.25) is 4.90 Å². The molecule has 0 saturated carbocycles. The zero-order valence-electron chi connectivity index (χ0n) is 12.0. The van der Waals surface area contributed by atoms with Gasteiger partial charge in [-0.2, -0.15) is 0 Å². The number of aryl methyl sites for hydroxylation is 3. The van der Waals surface area contributed by atoms with Gasteiger partial charge in [-0.25, -0.2) is 0 Å². The molecule has 2 atom stereocenters. The van der Waals surface area contributed by atoms with E-state index >= 15 is 0 Å². The van der Waals surface area contributed by atoms with Crippen molar-refractivity contribution in [1.82, 2.24) is 4.90 Å². The monoisotopic (exact) mass is 309 g/mol. The minimum absolute atomic E-state index is 0.699. The van der Waals surface area contributed by atoms with Crippen LogP contribution in [0.3, 0.4) is 0 Å². The molecule has 18 heavy (non-hydrogen) atoms. The summed E-state index contributed by atoms with van der Waals surface area (Å²) in [7, 11) is 0. The first-order valence-corrected chi connectivity index (χ1v) is 8.01. The zero-order chi connectivity index (χ0) is 13.3. The van der Waals surface area contributed by atoms with Crippen molar-refractivity contribution in [3.63, 3.8) is 0 Å². The van der Waals surface area contributed by atoms with Crippen LogP contribution in [0.25, 0.3) is 0 Å². The molecule has 0 radical (unpaired) electrons. The number of likely N-dealkylation sites (tertiary alicyclic amines) is 1. The Hall–Kier alpha value is -0.340. The van der Waals surface area contributed by atoms with Crippen LogP contribution in [0.4, 0.5) is 0 Å². The number of hydrogen-bond acceptors (Lipinski definition) is 1. The van der Waals surface area contributed by atoms with E-state index in [0.29, 0.717) is 6.04 Å². The quantitative estimate of drug-likeness (QED) is 0.756. The standard InChI is InChI=1S/C16H24BrN/c1-11-7-13(3)15(14(4)8-11)10-18-6-5-12(2)16(18)9-17/h7-8,12,16H,5-6,9-10H2,1-4H3. The fourth-order valence-electron chi connectivity index (χ4n) is 3.20. The maximum atomic E-state index is 3.68.